The predicted octanol–water partition coefficient (Wildman–Crippen LogP) is 2.38. The first-order valence-electron chi connectivity index (χ1n) is 6.98. The van der Waals surface area contributed by atoms with Gasteiger partial charge in [-0.3, -0.25) is 9.59 Å². The molecule has 1 heterocycles. The smallest absolute Gasteiger partial charge is 0.306 e. The van der Waals surface area contributed by atoms with Gasteiger partial charge in [0.1, 0.15) is 0 Å². The van der Waals surface area contributed by atoms with Gasteiger partial charge in [0.25, 0.3) is 0 Å². The second kappa shape index (κ2) is 6.35. The van der Waals surface area contributed by atoms with E-state index in [0.29, 0.717) is 19.3 Å². The molecule has 5 nitrogen and oxygen atoms in total. The summed E-state index contributed by atoms with van der Waals surface area (Å²) >= 11 is 1.60. The van der Waals surface area contributed by atoms with Crippen LogP contribution in [0.5, 0.6) is 0 Å². The number of nitrogens with zero attached hydrogens (tertiary/aromatic N) is 1. The normalized spacial score (nSPS) is 23.5. The zero-order valence-electron chi connectivity index (χ0n) is 11.8. The Morgan fingerprint density at radius 2 is 2.20 bits per heavy atom. The largest absolute Gasteiger partial charge is 0.481 e. The molecular weight excluding hydrogens is 276 g/mol. The maximum atomic E-state index is 12.1. The number of hydrogen-bond donors (Lipinski definition) is 2. The van der Waals surface area contributed by atoms with Crippen LogP contribution in [0.25, 0.3) is 0 Å². The molecule has 1 aliphatic rings. The highest BCUT2D eigenvalue weighted by molar-refractivity contribution is 7.09. The Morgan fingerprint density at radius 1 is 1.50 bits per heavy atom. The van der Waals surface area contributed by atoms with Gasteiger partial charge in [0, 0.05) is 11.3 Å². The highest BCUT2D eigenvalue weighted by atomic mass is 32.1. The van der Waals surface area contributed by atoms with Gasteiger partial charge in [0.15, 0.2) is 0 Å². The molecule has 1 aromatic rings. The molecule has 1 unspecified atom stereocenters. The average Bonchev–Trinajstić information content (AvgIpc) is 3.07. The molecular formula is C14H20N2O3S. The van der Waals surface area contributed by atoms with Gasteiger partial charge in [-0.05, 0) is 32.6 Å². The standard InChI is InChI=1S/C14H20N2O3S/c1-3-12-16-11(7-20-12)8(2)15-13(17)9-4-5-10(6-9)14(18)19/h7-10H,3-6H2,1-2H3,(H,15,17)(H,18,19)/t8?,9-,10+/m1/s1. The molecule has 6 heteroatoms. The molecule has 1 aliphatic carbocycles. The Balaban J connectivity index is 1.89. The number of thiazole rings is 1. The van der Waals surface area contributed by atoms with Crippen LogP contribution in [-0.2, 0) is 16.0 Å². The Labute approximate surface area is 122 Å². The molecule has 1 fully saturated rings. The minimum absolute atomic E-state index is 0.0488. The molecule has 0 aromatic carbocycles. The number of carboxylic acid groups (broad SMARTS) is 1. The summed E-state index contributed by atoms with van der Waals surface area (Å²) in [4.78, 5) is 27.5. The van der Waals surface area contributed by atoms with Crippen molar-refractivity contribution in [2.45, 2.75) is 45.6 Å². The number of hydrogen-bond acceptors (Lipinski definition) is 4. The summed E-state index contributed by atoms with van der Waals surface area (Å²) in [7, 11) is 0. The van der Waals surface area contributed by atoms with Crippen LogP contribution in [0.4, 0.5) is 0 Å². The van der Waals surface area contributed by atoms with Gasteiger partial charge < -0.3 is 10.4 Å². The maximum absolute atomic E-state index is 12.1. The zero-order chi connectivity index (χ0) is 14.7. The van der Waals surface area contributed by atoms with Crippen molar-refractivity contribution in [1.29, 1.82) is 0 Å². The van der Waals surface area contributed by atoms with Gasteiger partial charge in [0.2, 0.25) is 5.91 Å². The minimum atomic E-state index is -0.791. The molecule has 1 saturated carbocycles. The third-order valence-corrected chi connectivity index (χ3v) is 4.84. The van der Waals surface area contributed by atoms with Crippen molar-refractivity contribution < 1.29 is 14.7 Å². The van der Waals surface area contributed by atoms with Crippen molar-refractivity contribution in [3.05, 3.63) is 16.1 Å². The molecule has 1 aromatic heterocycles. The lowest BCUT2D eigenvalue weighted by atomic mass is 10.0. The van der Waals surface area contributed by atoms with E-state index in [1.54, 1.807) is 11.3 Å². The van der Waals surface area contributed by atoms with E-state index in [1.807, 2.05) is 12.3 Å². The molecule has 110 valence electrons. The van der Waals surface area contributed by atoms with Crippen LogP contribution in [0.3, 0.4) is 0 Å². The molecule has 2 rings (SSSR count). The molecule has 1 amide bonds. The van der Waals surface area contributed by atoms with E-state index >= 15 is 0 Å². The van der Waals surface area contributed by atoms with Crippen LogP contribution >= 0.6 is 11.3 Å². The van der Waals surface area contributed by atoms with Crippen molar-refractivity contribution in [2.24, 2.45) is 11.8 Å². The lowest BCUT2D eigenvalue weighted by molar-refractivity contribution is -0.141. The molecule has 3 atom stereocenters. The van der Waals surface area contributed by atoms with E-state index in [2.05, 4.69) is 17.2 Å². The van der Waals surface area contributed by atoms with Crippen molar-refractivity contribution in [2.75, 3.05) is 0 Å². The van der Waals surface area contributed by atoms with Crippen LogP contribution in [0, 0.1) is 11.8 Å². The Morgan fingerprint density at radius 3 is 2.75 bits per heavy atom. The van der Waals surface area contributed by atoms with Gasteiger partial charge in [0.05, 0.1) is 22.7 Å². The summed E-state index contributed by atoms with van der Waals surface area (Å²) in [6.45, 7) is 3.96. The van der Waals surface area contributed by atoms with Crippen LogP contribution in [0.2, 0.25) is 0 Å². The summed E-state index contributed by atoms with van der Waals surface area (Å²) in [5.74, 6) is -1.39. The van der Waals surface area contributed by atoms with E-state index in [0.717, 1.165) is 17.1 Å². The van der Waals surface area contributed by atoms with E-state index < -0.39 is 5.97 Å². The molecule has 0 bridgehead atoms. The number of carboxylic acids is 1. The topological polar surface area (TPSA) is 79.3 Å². The van der Waals surface area contributed by atoms with Crippen LogP contribution in [0.15, 0.2) is 5.38 Å². The second-order valence-corrected chi connectivity index (χ2v) is 6.24. The summed E-state index contributed by atoms with van der Waals surface area (Å²) in [6.07, 6.45) is 2.60. The fraction of sp³-hybridized carbons (Fsp3) is 0.643. The van der Waals surface area contributed by atoms with E-state index in [9.17, 15) is 9.59 Å². The quantitative estimate of drug-likeness (QED) is 0.874. The molecule has 0 radical (unpaired) electrons. The highest BCUT2D eigenvalue weighted by Gasteiger charge is 2.34. The van der Waals surface area contributed by atoms with Crippen molar-refractivity contribution in [3.63, 3.8) is 0 Å². The number of nitrogens with one attached hydrogen (secondary N) is 1. The Bertz CT molecular complexity index is 500. The Kier molecular flexibility index (Phi) is 4.75. The second-order valence-electron chi connectivity index (χ2n) is 5.30. The molecule has 0 aliphatic heterocycles. The van der Waals surface area contributed by atoms with Gasteiger partial charge >= 0.3 is 5.97 Å². The fourth-order valence-electron chi connectivity index (χ4n) is 2.54. The van der Waals surface area contributed by atoms with Crippen molar-refractivity contribution in [1.82, 2.24) is 10.3 Å². The molecule has 0 spiro atoms. The first-order chi connectivity index (χ1) is 9.51. The molecule has 20 heavy (non-hydrogen) atoms. The fourth-order valence-corrected chi connectivity index (χ4v) is 3.37. The number of aliphatic carboxylic acids is 1. The van der Waals surface area contributed by atoms with Gasteiger partial charge in [-0.15, -0.1) is 11.3 Å². The third-order valence-electron chi connectivity index (χ3n) is 3.83. The van der Waals surface area contributed by atoms with E-state index in [-0.39, 0.29) is 23.8 Å². The van der Waals surface area contributed by atoms with E-state index in [4.69, 9.17) is 5.11 Å². The van der Waals surface area contributed by atoms with Gasteiger partial charge in [-0.1, -0.05) is 6.92 Å². The minimum Gasteiger partial charge on any atom is -0.481 e. The number of carbonyl (C=O) groups excluding carboxylic acids is 1. The van der Waals surface area contributed by atoms with Crippen LogP contribution in [-0.4, -0.2) is 22.0 Å². The average molecular weight is 296 g/mol. The van der Waals surface area contributed by atoms with E-state index in [1.165, 1.54) is 0 Å². The molecule has 2 N–H and O–H groups in total. The lowest BCUT2D eigenvalue weighted by Gasteiger charge is -2.15. The number of aryl methyl sites for hydroxylation is 1. The van der Waals surface area contributed by atoms with Crippen LogP contribution < -0.4 is 5.32 Å². The monoisotopic (exact) mass is 296 g/mol. The van der Waals surface area contributed by atoms with Gasteiger partial charge in [-0.2, -0.15) is 0 Å². The number of aromatic nitrogens is 1. The SMILES string of the molecule is CCc1nc(C(C)NC(=O)[C@@H]2CC[C@H](C(=O)O)C2)cs1. The zero-order valence-corrected chi connectivity index (χ0v) is 12.6. The number of rotatable bonds is 5. The number of carbonyl (C=O) groups is 2. The third kappa shape index (κ3) is 3.36. The summed E-state index contributed by atoms with van der Waals surface area (Å²) in [5.41, 5.74) is 0.882. The summed E-state index contributed by atoms with van der Waals surface area (Å²) < 4.78 is 0. The summed E-state index contributed by atoms with van der Waals surface area (Å²) in [5, 5.41) is 14.9. The predicted molar refractivity (Wildman–Crippen MR) is 76.5 cm³/mol. The summed E-state index contributed by atoms with van der Waals surface area (Å²) in [6, 6.07) is -0.122. The molecule has 0 saturated heterocycles. The lowest BCUT2D eigenvalue weighted by Crippen LogP contribution is -2.32. The Hall–Kier alpha value is -1.43. The van der Waals surface area contributed by atoms with Gasteiger partial charge in [-0.25, -0.2) is 4.98 Å². The first-order valence-corrected chi connectivity index (χ1v) is 7.86. The van der Waals surface area contributed by atoms with Crippen LogP contribution in [0.1, 0.15) is 49.9 Å². The number of amides is 1. The highest BCUT2D eigenvalue weighted by Crippen LogP contribution is 2.31. The van der Waals surface area contributed by atoms with Crippen molar-refractivity contribution >= 4 is 23.2 Å². The van der Waals surface area contributed by atoms with Crippen molar-refractivity contribution in [3.8, 4) is 0 Å². The first kappa shape index (κ1) is 15.0. The maximum Gasteiger partial charge on any atom is 0.306 e.